The molecule has 0 N–H and O–H groups in total. The van der Waals surface area contributed by atoms with Crippen molar-refractivity contribution in [3.63, 3.8) is 0 Å². The molecule has 0 radical (unpaired) electrons. The van der Waals surface area contributed by atoms with Crippen LogP contribution >= 0.6 is 0 Å². The fourth-order valence-electron chi connectivity index (χ4n) is 6.19. The Balaban J connectivity index is -0.000000886. The predicted molar refractivity (Wildman–Crippen MR) is 219 cm³/mol. The number of hydrogen-bond donors (Lipinski definition) is 0. The molecule has 4 atom stereocenters. The molecule has 0 fully saturated rings. The van der Waals surface area contributed by atoms with Gasteiger partial charge >= 0.3 is 37.7 Å². The first-order valence-corrected chi connectivity index (χ1v) is 20.6. The third-order valence-corrected chi connectivity index (χ3v) is 9.35. The van der Waals surface area contributed by atoms with Crippen LogP contribution in [-0.2, 0) is 9.59 Å². The third kappa shape index (κ3) is 35.9. The summed E-state index contributed by atoms with van der Waals surface area (Å²) in [7, 11) is 0. The number of unbranched alkanes of at least 4 members (excludes halogenated alkanes) is 8. The van der Waals surface area contributed by atoms with Crippen LogP contribution in [0.3, 0.4) is 0 Å². The Bertz CT molecular complexity index is 776. The average Bonchev–Trinajstić information content (AvgIpc) is 3.08. The summed E-state index contributed by atoms with van der Waals surface area (Å²) in [5.41, 5.74) is 0. The van der Waals surface area contributed by atoms with E-state index in [1.807, 2.05) is 0 Å². The second-order valence-electron chi connectivity index (χ2n) is 14.2. The number of carbonyl (C=O) groups is 2. The molecule has 0 aromatic heterocycles. The zero-order valence-corrected chi connectivity index (χ0v) is 36.9. The molecule has 0 aliphatic carbocycles. The summed E-state index contributed by atoms with van der Waals surface area (Å²) in [6.07, 6.45) is 40.3. The summed E-state index contributed by atoms with van der Waals surface area (Å²) in [6, 6.07) is 1.12. The van der Waals surface area contributed by atoms with Crippen molar-refractivity contribution in [2.45, 2.75) is 208 Å². The number of allylic oxidation sites excluding steroid dienone is 8. The van der Waals surface area contributed by atoms with Gasteiger partial charge in [0, 0.05) is 37.3 Å². The minimum atomic E-state index is -0.968. The maximum absolute atomic E-state index is 11.1. The first kappa shape index (κ1) is 54.4. The molecule has 0 aliphatic rings. The molecule has 0 amide bonds. The Labute approximate surface area is 346 Å². The summed E-state index contributed by atoms with van der Waals surface area (Å²) in [6.45, 7) is 17.4. The van der Waals surface area contributed by atoms with E-state index in [9.17, 15) is 19.8 Å². The second kappa shape index (κ2) is 40.3. The Hall–Kier alpha value is -0.920. The van der Waals surface area contributed by atoms with Crippen molar-refractivity contribution in [2.75, 3.05) is 13.1 Å². The van der Waals surface area contributed by atoms with Crippen LogP contribution in [0.5, 0.6) is 0 Å². The van der Waals surface area contributed by atoms with Gasteiger partial charge in [0.25, 0.3) is 0 Å². The molecule has 6 nitrogen and oxygen atoms in total. The molecular formula is C44H80CaN2O4. The number of aliphatic carboxylic acids is 2. The third-order valence-electron chi connectivity index (χ3n) is 9.35. The SMILES string of the molecule is CCC/C=C/CCCC(C)N(CC(=O)[O-])C(C)CCC/C=C/CCC.CCC/C=C/CCCC(C)N(CC(=O)[O-])C(C)CCC/C=C/CCC.[Ca+2]. The maximum Gasteiger partial charge on any atom is 2.00 e. The molecule has 0 rings (SSSR count). The zero-order chi connectivity index (χ0) is 37.8. The van der Waals surface area contributed by atoms with Crippen LogP contribution in [-0.4, -0.2) is 96.7 Å². The second-order valence-corrected chi connectivity index (χ2v) is 14.2. The van der Waals surface area contributed by atoms with Gasteiger partial charge in [0.1, 0.15) is 0 Å². The maximum atomic E-state index is 11.1. The van der Waals surface area contributed by atoms with Gasteiger partial charge in [-0.25, -0.2) is 0 Å². The predicted octanol–water partition coefficient (Wildman–Crippen LogP) is 9.36. The largest absolute Gasteiger partial charge is 2.00 e. The van der Waals surface area contributed by atoms with E-state index in [1.165, 1.54) is 25.7 Å². The number of hydrogen-bond acceptors (Lipinski definition) is 6. The van der Waals surface area contributed by atoms with Gasteiger partial charge in [-0.1, -0.05) is 102 Å². The number of carboxylic acid groups (broad SMARTS) is 2. The molecule has 51 heavy (non-hydrogen) atoms. The van der Waals surface area contributed by atoms with E-state index < -0.39 is 11.9 Å². The summed E-state index contributed by atoms with van der Waals surface area (Å²) in [5.74, 6) is -1.94. The zero-order valence-electron chi connectivity index (χ0n) is 34.7. The Morgan fingerprint density at radius 1 is 0.431 bits per heavy atom. The van der Waals surface area contributed by atoms with E-state index in [-0.39, 0.29) is 75.0 Å². The van der Waals surface area contributed by atoms with Crippen LogP contribution in [0.15, 0.2) is 48.6 Å². The standard InChI is InChI=1S/2C22H41NO2.Ca/c2*1-5-7-9-11-13-15-17-20(3)23(19-22(24)25)21(4)18-16-14-12-10-8-6-2;/h2*9-12,20-21H,5-8,13-19H2,1-4H3,(H,24,25);/q;;+2/p-2/b2*11-9+,12-10+;. The van der Waals surface area contributed by atoms with Gasteiger partial charge in [-0.15, -0.1) is 0 Å². The quantitative estimate of drug-likeness (QED) is 0.0388. The van der Waals surface area contributed by atoms with Crippen LogP contribution in [0.1, 0.15) is 184 Å². The molecule has 0 aliphatic heterocycles. The monoisotopic (exact) mass is 741 g/mol. The van der Waals surface area contributed by atoms with Gasteiger partial charge in [0.05, 0.1) is 11.9 Å². The van der Waals surface area contributed by atoms with Gasteiger partial charge in [-0.3, -0.25) is 9.80 Å². The smallest absolute Gasteiger partial charge is 0.549 e. The first-order valence-electron chi connectivity index (χ1n) is 20.6. The van der Waals surface area contributed by atoms with E-state index in [1.54, 1.807) is 0 Å². The van der Waals surface area contributed by atoms with Crippen LogP contribution < -0.4 is 10.2 Å². The van der Waals surface area contributed by atoms with Gasteiger partial charge < -0.3 is 19.8 Å². The molecular weight excluding hydrogens is 661 g/mol. The van der Waals surface area contributed by atoms with E-state index in [0.717, 1.165) is 103 Å². The summed E-state index contributed by atoms with van der Waals surface area (Å²) >= 11 is 0. The van der Waals surface area contributed by atoms with E-state index in [2.05, 4.69) is 114 Å². The number of carboxylic acids is 2. The Kier molecular flexibility index (Phi) is 43.0. The number of carbonyl (C=O) groups excluding carboxylic acids is 2. The molecule has 0 aromatic rings. The van der Waals surface area contributed by atoms with Crippen molar-refractivity contribution in [3.05, 3.63) is 48.6 Å². The van der Waals surface area contributed by atoms with E-state index in [4.69, 9.17) is 0 Å². The molecule has 0 heterocycles. The molecule has 0 saturated heterocycles. The number of rotatable bonds is 32. The fraction of sp³-hybridized carbons (Fsp3) is 0.773. The van der Waals surface area contributed by atoms with Crippen molar-refractivity contribution in [1.82, 2.24) is 9.80 Å². The van der Waals surface area contributed by atoms with Gasteiger partial charge in [-0.05, 0) is 130 Å². The van der Waals surface area contributed by atoms with Crippen LogP contribution in [0.4, 0.5) is 0 Å². The Morgan fingerprint density at radius 3 is 0.804 bits per heavy atom. The Morgan fingerprint density at radius 2 is 0.627 bits per heavy atom. The van der Waals surface area contributed by atoms with Gasteiger partial charge in [0.15, 0.2) is 0 Å². The molecule has 0 spiro atoms. The van der Waals surface area contributed by atoms with Crippen molar-refractivity contribution in [2.24, 2.45) is 0 Å². The first-order chi connectivity index (χ1) is 24.0. The normalized spacial score (nSPS) is 14.3. The van der Waals surface area contributed by atoms with E-state index >= 15 is 0 Å². The molecule has 4 unspecified atom stereocenters. The van der Waals surface area contributed by atoms with Crippen molar-refractivity contribution >= 4 is 49.7 Å². The van der Waals surface area contributed by atoms with Gasteiger partial charge in [-0.2, -0.15) is 0 Å². The minimum Gasteiger partial charge on any atom is -0.549 e. The molecule has 7 heteroatoms. The summed E-state index contributed by atoms with van der Waals surface area (Å²) in [4.78, 5) is 26.5. The van der Waals surface area contributed by atoms with E-state index in [0.29, 0.717) is 0 Å². The molecule has 292 valence electrons. The van der Waals surface area contributed by atoms with Crippen molar-refractivity contribution in [1.29, 1.82) is 0 Å². The van der Waals surface area contributed by atoms with Gasteiger partial charge in [0.2, 0.25) is 0 Å². The molecule has 0 aromatic carbocycles. The van der Waals surface area contributed by atoms with Crippen molar-refractivity contribution < 1.29 is 19.8 Å². The molecule has 0 saturated carbocycles. The average molecular weight is 741 g/mol. The van der Waals surface area contributed by atoms with Crippen LogP contribution in [0.2, 0.25) is 0 Å². The number of nitrogens with zero attached hydrogens (tertiary/aromatic N) is 2. The molecule has 0 bridgehead atoms. The summed E-state index contributed by atoms with van der Waals surface area (Å²) < 4.78 is 0. The minimum absolute atomic E-state index is 0. The van der Waals surface area contributed by atoms with Crippen LogP contribution in [0, 0.1) is 0 Å². The topological polar surface area (TPSA) is 86.7 Å². The van der Waals surface area contributed by atoms with Crippen molar-refractivity contribution in [3.8, 4) is 0 Å². The fourth-order valence-corrected chi connectivity index (χ4v) is 6.19. The summed E-state index contributed by atoms with van der Waals surface area (Å²) in [5, 5.41) is 22.3. The van der Waals surface area contributed by atoms with Crippen LogP contribution in [0.25, 0.3) is 0 Å².